The van der Waals surface area contributed by atoms with Crippen LogP contribution in [0, 0.1) is 13.8 Å². The van der Waals surface area contributed by atoms with Crippen LogP contribution < -0.4 is 0 Å². The Morgan fingerprint density at radius 3 is 2.73 bits per heavy atom. The lowest BCUT2D eigenvalue weighted by Crippen LogP contribution is -2.05. The van der Waals surface area contributed by atoms with E-state index < -0.39 is 5.97 Å². The van der Waals surface area contributed by atoms with Gasteiger partial charge in [0.2, 0.25) is 6.08 Å². The molecule has 0 radical (unpaired) electrons. The molecular formula is C10H11NO3S. The van der Waals surface area contributed by atoms with Gasteiger partial charge in [0.25, 0.3) is 0 Å². The van der Waals surface area contributed by atoms with E-state index in [-0.39, 0.29) is 0 Å². The highest BCUT2D eigenvalue weighted by Gasteiger charge is 2.20. The Hall–Kier alpha value is -1.45. The Bertz CT molecular complexity index is 430. The zero-order chi connectivity index (χ0) is 11.4. The van der Waals surface area contributed by atoms with Gasteiger partial charge in [-0.2, -0.15) is 4.99 Å². The van der Waals surface area contributed by atoms with Crippen molar-refractivity contribution < 1.29 is 14.3 Å². The van der Waals surface area contributed by atoms with Crippen molar-refractivity contribution in [1.29, 1.82) is 0 Å². The van der Waals surface area contributed by atoms with Crippen LogP contribution in [0.15, 0.2) is 4.99 Å². The third-order valence-electron chi connectivity index (χ3n) is 1.99. The number of ether oxygens (including phenoxy) is 1. The van der Waals surface area contributed by atoms with Gasteiger partial charge in [-0.15, -0.1) is 11.3 Å². The van der Waals surface area contributed by atoms with Crippen molar-refractivity contribution >= 4 is 28.4 Å². The fourth-order valence-electron chi connectivity index (χ4n) is 1.17. The molecule has 5 heteroatoms. The summed E-state index contributed by atoms with van der Waals surface area (Å²) in [4.78, 5) is 26.2. The predicted molar refractivity (Wildman–Crippen MR) is 57.5 cm³/mol. The molecule has 0 fully saturated rings. The number of carbonyl (C=O) groups is 1. The molecule has 0 aliphatic heterocycles. The summed E-state index contributed by atoms with van der Waals surface area (Å²) in [5.41, 5.74) is 1.19. The van der Waals surface area contributed by atoms with Gasteiger partial charge < -0.3 is 4.74 Å². The number of nitrogens with zero attached hydrogens (tertiary/aromatic N) is 1. The number of esters is 1. The molecule has 0 N–H and O–H groups in total. The van der Waals surface area contributed by atoms with Crippen molar-refractivity contribution in [2.45, 2.75) is 20.8 Å². The lowest BCUT2D eigenvalue weighted by atomic mass is 10.1. The van der Waals surface area contributed by atoms with E-state index in [2.05, 4.69) is 4.99 Å². The number of thiophene rings is 1. The molecule has 0 saturated heterocycles. The van der Waals surface area contributed by atoms with Crippen molar-refractivity contribution in [3.63, 3.8) is 0 Å². The second-order valence-corrected chi connectivity index (χ2v) is 4.09. The number of isocyanates is 1. The van der Waals surface area contributed by atoms with Crippen LogP contribution in [0.2, 0.25) is 0 Å². The Morgan fingerprint density at radius 1 is 1.53 bits per heavy atom. The normalized spacial score (nSPS) is 9.53. The number of rotatable bonds is 3. The molecule has 0 spiro atoms. The van der Waals surface area contributed by atoms with Crippen molar-refractivity contribution in [1.82, 2.24) is 0 Å². The lowest BCUT2D eigenvalue weighted by molar-refractivity contribution is 0.0527. The zero-order valence-electron chi connectivity index (χ0n) is 8.79. The van der Waals surface area contributed by atoms with Crippen molar-refractivity contribution in [2.75, 3.05) is 6.61 Å². The number of carbonyl (C=O) groups excluding carboxylic acids is 2. The number of aliphatic imine (C=N–C) groups is 1. The van der Waals surface area contributed by atoms with Crippen LogP contribution in [-0.4, -0.2) is 18.7 Å². The molecule has 1 heterocycles. The highest BCUT2D eigenvalue weighted by molar-refractivity contribution is 7.16. The van der Waals surface area contributed by atoms with Gasteiger partial charge in [-0.3, -0.25) is 0 Å². The first kappa shape index (κ1) is 11.6. The van der Waals surface area contributed by atoms with Gasteiger partial charge in [-0.1, -0.05) is 0 Å². The highest BCUT2D eigenvalue weighted by atomic mass is 32.1. The fraction of sp³-hybridized carbons (Fsp3) is 0.400. The summed E-state index contributed by atoms with van der Waals surface area (Å²) in [6, 6.07) is 0. The molecule has 0 aromatic carbocycles. The van der Waals surface area contributed by atoms with Gasteiger partial charge in [-0.25, -0.2) is 9.59 Å². The average Bonchev–Trinajstić information content (AvgIpc) is 2.44. The standard InChI is InChI=1S/C10H11NO3S/c1-4-14-10(13)8-6(2)7(3)15-9(8)11-5-12/h4H2,1-3H3. The van der Waals surface area contributed by atoms with Gasteiger partial charge in [0, 0.05) is 4.88 Å². The van der Waals surface area contributed by atoms with Crippen molar-refractivity contribution in [2.24, 2.45) is 4.99 Å². The maximum Gasteiger partial charge on any atom is 0.341 e. The summed E-state index contributed by atoms with van der Waals surface area (Å²) in [5.74, 6) is -0.437. The molecular weight excluding hydrogens is 214 g/mol. The van der Waals surface area contributed by atoms with Crippen LogP contribution in [0.5, 0.6) is 0 Å². The van der Waals surface area contributed by atoms with E-state index in [0.717, 1.165) is 10.4 Å². The van der Waals surface area contributed by atoms with Crippen LogP contribution in [-0.2, 0) is 9.53 Å². The molecule has 0 amide bonds. The summed E-state index contributed by atoms with van der Waals surface area (Å²) in [6.45, 7) is 5.71. The highest BCUT2D eigenvalue weighted by Crippen LogP contribution is 2.34. The molecule has 0 saturated carbocycles. The molecule has 4 nitrogen and oxygen atoms in total. The first-order chi connectivity index (χ1) is 7.11. The van der Waals surface area contributed by atoms with Crippen LogP contribution in [0.25, 0.3) is 0 Å². The van der Waals surface area contributed by atoms with E-state index in [0.29, 0.717) is 17.2 Å². The van der Waals surface area contributed by atoms with E-state index in [1.54, 1.807) is 6.92 Å². The van der Waals surface area contributed by atoms with E-state index in [1.807, 2.05) is 13.8 Å². The van der Waals surface area contributed by atoms with E-state index in [4.69, 9.17) is 4.74 Å². The van der Waals surface area contributed by atoms with Crippen LogP contribution >= 0.6 is 11.3 Å². The molecule has 0 aliphatic rings. The third-order valence-corrected chi connectivity index (χ3v) is 3.09. The largest absolute Gasteiger partial charge is 0.462 e. The average molecular weight is 225 g/mol. The summed E-state index contributed by atoms with van der Waals surface area (Å²) in [6.07, 6.45) is 1.44. The molecule has 1 aromatic rings. The predicted octanol–water partition coefficient (Wildman–Crippen LogP) is 2.51. The smallest absolute Gasteiger partial charge is 0.341 e. The lowest BCUT2D eigenvalue weighted by Gasteiger charge is -2.01. The molecule has 15 heavy (non-hydrogen) atoms. The molecule has 0 aliphatic carbocycles. The molecule has 0 atom stereocenters. The first-order valence-electron chi connectivity index (χ1n) is 4.46. The van der Waals surface area contributed by atoms with E-state index >= 15 is 0 Å². The van der Waals surface area contributed by atoms with Gasteiger partial charge >= 0.3 is 5.97 Å². The number of aryl methyl sites for hydroxylation is 1. The Kier molecular flexibility index (Phi) is 3.77. The minimum absolute atomic E-state index is 0.303. The van der Waals surface area contributed by atoms with Crippen molar-refractivity contribution in [3.8, 4) is 0 Å². The number of hydrogen-bond acceptors (Lipinski definition) is 5. The number of hydrogen-bond donors (Lipinski definition) is 0. The maximum absolute atomic E-state index is 11.6. The minimum atomic E-state index is -0.437. The summed E-state index contributed by atoms with van der Waals surface area (Å²) in [5, 5.41) is 0.374. The van der Waals surface area contributed by atoms with Gasteiger partial charge in [0.15, 0.2) is 0 Å². The second kappa shape index (κ2) is 4.87. The van der Waals surface area contributed by atoms with Crippen LogP contribution in [0.1, 0.15) is 27.7 Å². The fourth-order valence-corrected chi connectivity index (χ4v) is 2.14. The van der Waals surface area contributed by atoms with Crippen LogP contribution in [0.4, 0.5) is 5.00 Å². The van der Waals surface area contributed by atoms with Crippen LogP contribution in [0.3, 0.4) is 0 Å². The topological polar surface area (TPSA) is 55.7 Å². The Morgan fingerprint density at radius 2 is 2.20 bits per heavy atom. The molecule has 0 unspecified atom stereocenters. The summed E-state index contributed by atoms with van der Waals surface area (Å²) in [7, 11) is 0. The monoisotopic (exact) mass is 225 g/mol. The first-order valence-corrected chi connectivity index (χ1v) is 5.28. The second-order valence-electron chi connectivity index (χ2n) is 2.89. The summed E-state index contributed by atoms with van der Waals surface area (Å²) >= 11 is 1.29. The van der Waals surface area contributed by atoms with E-state index in [9.17, 15) is 9.59 Å². The zero-order valence-corrected chi connectivity index (χ0v) is 9.60. The van der Waals surface area contributed by atoms with E-state index in [1.165, 1.54) is 17.4 Å². The van der Waals surface area contributed by atoms with Gasteiger partial charge in [-0.05, 0) is 26.3 Å². The molecule has 1 aromatic heterocycles. The summed E-state index contributed by atoms with van der Waals surface area (Å²) < 4.78 is 4.89. The van der Waals surface area contributed by atoms with Crippen molar-refractivity contribution in [3.05, 3.63) is 16.0 Å². The SMILES string of the molecule is CCOC(=O)c1c(N=C=O)sc(C)c1C. The Labute approximate surface area is 91.6 Å². The molecule has 1 rings (SSSR count). The third kappa shape index (κ3) is 2.32. The Balaban J connectivity index is 3.24. The molecule has 80 valence electrons. The quantitative estimate of drug-likeness (QED) is 0.451. The maximum atomic E-state index is 11.6. The molecule has 0 bridgehead atoms. The van der Waals surface area contributed by atoms with Gasteiger partial charge in [0.1, 0.15) is 10.6 Å². The van der Waals surface area contributed by atoms with Gasteiger partial charge in [0.05, 0.1) is 6.61 Å². The minimum Gasteiger partial charge on any atom is -0.462 e.